The molecule has 1 heterocycles. The fourth-order valence-corrected chi connectivity index (χ4v) is 5.15. The maximum atomic E-state index is 13.1. The standard InChI is InChI=1S/C28H30N2O5/c1-2-8-25(27(33)30-16-7-9-19(17-30)14-15-26(31)32)29-28(34)35-18-24-22-12-5-3-10-20(22)21-11-4-6-13-23(21)24/h1,3-6,10-13,19,24-25H,7-9,14-18H2,(H,29,34)(H,31,32). The zero-order chi connectivity index (χ0) is 24.8. The summed E-state index contributed by atoms with van der Waals surface area (Å²) < 4.78 is 5.59. The first kappa shape index (κ1) is 24.3. The number of terminal acetylenes is 1. The van der Waals surface area contributed by atoms with Gasteiger partial charge in [-0.05, 0) is 47.4 Å². The van der Waals surface area contributed by atoms with Gasteiger partial charge in [0.05, 0.1) is 0 Å². The maximum Gasteiger partial charge on any atom is 0.407 e. The van der Waals surface area contributed by atoms with Crippen LogP contribution in [0.25, 0.3) is 11.1 Å². The molecule has 0 aromatic heterocycles. The van der Waals surface area contributed by atoms with Crippen molar-refractivity contribution in [2.45, 2.75) is 44.1 Å². The van der Waals surface area contributed by atoms with E-state index in [2.05, 4.69) is 23.4 Å². The number of carbonyl (C=O) groups is 3. The van der Waals surface area contributed by atoms with Crippen molar-refractivity contribution < 1.29 is 24.2 Å². The fourth-order valence-electron chi connectivity index (χ4n) is 5.15. The second kappa shape index (κ2) is 11.1. The first-order chi connectivity index (χ1) is 17.0. The number of piperidine rings is 1. The minimum atomic E-state index is -0.881. The summed E-state index contributed by atoms with van der Waals surface area (Å²) in [6.07, 6.45) is 7.15. The van der Waals surface area contributed by atoms with Crippen LogP contribution in [-0.4, -0.2) is 53.7 Å². The van der Waals surface area contributed by atoms with Crippen molar-refractivity contribution in [1.29, 1.82) is 0 Å². The van der Waals surface area contributed by atoms with E-state index < -0.39 is 18.1 Å². The third-order valence-electron chi connectivity index (χ3n) is 6.85. The van der Waals surface area contributed by atoms with Gasteiger partial charge in [-0.1, -0.05) is 48.5 Å². The van der Waals surface area contributed by atoms with Gasteiger partial charge in [-0.3, -0.25) is 9.59 Å². The molecule has 4 rings (SSSR count). The normalized spacial score (nSPS) is 17.6. The van der Waals surface area contributed by atoms with Crippen LogP contribution >= 0.6 is 0 Å². The number of carbonyl (C=O) groups excluding carboxylic acids is 2. The molecule has 0 bridgehead atoms. The highest BCUT2D eigenvalue weighted by molar-refractivity contribution is 5.86. The number of ether oxygens (including phenoxy) is 1. The quantitative estimate of drug-likeness (QED) is 0.564. The average molecular weight is 475 g/mol. The lowest BCUT2D eigenvalue weighted by Gasteiger charge is -2.34. The summed E-state index contributed by atoms with van der Waals surface area (Å²) in [5.41, 5.74) is 4.50. The van der Waals surface area contributed by atoms with Gasteiger partial charge in [-0.15, -0.1) is 12.3 Å². The van der Waals surface area contributed by atoms with Crippen molar-refractivity contribution in [3.8, 4) is 23.5 Å². The molecule has 2 N–H and O–H groups in total. The van der Waals surface area contributed by atoms with Gasteiger partial charge in [0, 0.05) is 31.8 Å². The third kappa shape index (κ3) is 5.65. The summed E-state index contributed by atoms with van der Waals surface area (Å²) in [6, 6.07) is 15.3. The van der Waals surface area contributed by atoms with E-state index in [4.69, 9.17) is 16.3 Å². The molecular weight excluding hydrogens is 444 g/mol. The molecule has 1 aliphatic heterocycles. The van der Waals surface area contributed by atoms with E-state index in [1.165, 1.54) is 0 Å². The number of aliphatic carboxylic acids is 1. The van der Waals surface area contributed by atoms with Crippen LogP contribution in [0.5, 0.6) is 0 Å². The van der Waals surface area contributed by atoms with Gasteiger partial charge in [0.15, 0.2) is 0 Å². The summed E-state index contributed by atoms with van der Waals surface area (Å²) in [6.45, 7) is 1.19. The Balaban J connectivity index is 1.37. The van der Waals surface area contributed by atoms with E-state index in [1.54, 1.807) is 4.90 Å². The van der Waals surface area contributed by atoms with Gasteiger partial charge in [0.2, 0.25) is 5.91 Å². The number of benzene rings is 2. The number of carboxylic acid groups (broad SMARTS) is 1. The van der Waals surface area contributed by atoms with Crippen LogP contribution in [-0.2, 0) is 14.3 Å². The molecule has 35 heavy (non-hydrogen) atoms. The van der Waals surface area contributed by atoms with Crippen molar-refractivity contribution in [3.05, 3.63) is 59.7 Å². The molecule has 2 amide bonds. The molecule has 2 atom stereocenters. The molecule has 1 aliphatic carbocycles. The number of likely N-dealkylation sites (tertiary alicyclic amines) is 1. The summed E-state index contributed by atoms with van der Waals surface area (Å²) in [7, 11) is 0. The summed E-state index contributed by atoms with van der Waals surface area (Å²) in [5, 5.41) is 11.6. The zero-order valence-corrected chi connectivity index (χ0v) is 19.6. The van der Waals surface area contributed by atoms with Gasteiger partial charge in [0.25, 0.3) is 0 Å². The predicted molar refractivity (Wildman–Crippen MR) is 132 cm³/mol. The molecule has 7 nitrogen and oxygen atoms in total. The molecule has 0 spiro atoms. The van der Waals surface area contributed by atoms with Gasteiger partial charge in [0.1, 0.15) is 12.6 Å². The highest BCUT2D eigenvalue weighted by atomic mass is 16.5. The van der Waals surface area contributed by atoms with Crippen LogP contribution < -0.4 is 5.32 Å². The zero-order valence-electron chi connectivity index (χ0n) is 19.6. The van der Waals surface area contributed by atoms with Crippen LogP contribution in [0.2, 0.25) is 0 Å². The number of carboxylic acids is 1. The average Bonchev–Trinajstić information content (AvgIpc) is 3.19. The van der Waals surface area contributed by atoms with Crippen LogP contribution in [0.1, 0.15) is 49.1 Å². The van der Waals surface area contributed by atoms with Crippen LogP contribution in [0.3, 0.4) is 0 Å². The Hall–Kier alpha value is -3.79. The smallest absolute Gasteiger partial charge is 0.407 e. The largest absolute Gasteiger partial charge is 0.481 e. The first-order valence-electron chi connectivity index (χ1n) is 12.0. The van der Waals surface area contributed by atoms with Crippen molar-refractivity contribution in [3.63, 3.8) is 0 Å². The molecule has 1 fully saturated rings. The topological polar surface area (TPSA) is 95.9 Å². The van der Waals surface area contributed by atoms with Gasteiger partial charge < -0.3 is 20.1 Å². The highest BCUT2D eigenvalue weighted by Crippen LogP contribution is 2.44. The van der Waals surface area contributed by atoms with Crippen molar-refractivity contribution in [2.24, 2.45) is 5.92 Å². The number of hydrogen-bond acceptors (Lipinski definition) is 4. The Bertz CT molecular complexity index is 1090. The van der Waals surface area contributed by atoms with E-state index in [0.29, 0.717) is 19.5 Å². The van der Waals surface area contributed by atoms with Crippen molar-refractivity contribution in [1.82, 2.24) is 10.2 Å². The predicted octanol–water partition coefficient (Wildman–Crippen LogP) is 4.02. The molecule has 7 heteroatoms. The van der Waals surface area contributed by atoms with E-state index in [-0.39, 0.29) is 37.2 Å². The lowest BCUT2D eigenvalue weighted by atomic mass is 9.93. The Morgan fingerprint density at radius 2 is 1.77 bits per heavy atom. The monoisotopic (exact) mass is 474 g/mol. The van der Waals surface area contributed by atoms with Crippen molar-refractivity contribution in [2.75, 3.05) is 19.7 Å². The number of fused-ring (bicyclic) bond motifs is 3. The first-order valence-corrected chi connectivity index (χ1v) is 12.0. The lowest BCUT2D eigenvalue weighted by molar-refractivity contribution is -0.137. The summed E-state index contributed by atoms with van der Waals surface area (Å²) >= 11 is 0. The molecular formula is C28H30N2O5. The molecule has 2 aromatic carbocycles. The summed E-state index contributed by atoms with van der Waals surface area (Å²) in [5.74, 6) is 1.43. The molecule has 0 saturated carbocycles. The van der Waals surface area contributed by atoms with Crippen LogP contribution in [0.15, 0.2) is 48.5 Å². The molecule has 0 radical (unpaired) electrons. The van der Waals surface area contributed by atoms with Crippen LogP contribution in [0, 0.1) is 18.3 Å². The number of rotatable bonds is 8. The Kier molecular flexibility index (Phi) is 7.71. The van der Waals surface area contributed by atoms with Crippen LogP contribution in [0.4, 0.5) is 4.79 Å². The number of alkyl carbamates (subject to hydrolysis) is 1. The number of amides is 2. The SMILES string of the molecule is C#CCC(NC(=O)OCC1c2ccccc2-c2ccccc21)C(=O)N1CCCC(CCC(=O)O)C1. The summed E-state index contributed by atoms with van der Waals surface area (Å²) in [4.78, 5) is 38.4. The molecule has 182 valence electrons. The molecule has 1 saturated heterocycles. The highest BCUT2D eigenvalue weighted by Gasteiger charge is 2.32. The van der Waals surface area contributed by atoms with E-state index in [0.717, 1.165) is 35.1 Å². The second-order valence-corrected chi connectivity index (χ2v) is 9.16. The maximum absolute atomic E-state index is 13.1. The van der Waals surface area contributed by atoms with Gasteiger partial charge in [-0.2, -0.15) is 0 Å². The third-order valence-corrected chi connectivity index (χ3v) is 6.85. The fraction of sp³-hybridized carbons (Fsp3) is 0.393. The lowest BCUT2D eigenvalue weighted by Crippen LogP contribution is -2.51. The molecule has 2 unspecified atom stereocenters. The van der Waals surface area contributed by atoms with E-state index in [1.807, 2.05) is 36.4 Å². The Morgan fingerprint density at radius 3 is 2.40 bits per heavy atom. The molecule has 2 aliphatic rings. The molecule has 2 aromatic rings. The van der Waals surface area contributed by atoms with Gasteiger partial charge >= 0.3 is 12.1 Å². The van der Waals surface area contributed by atoms with E-state index >= 15 is 0 Å². The Morgan fingerprint density at radius 1 is 1.11 bits per heavy atom. The number of hydrogen-bond donors (Lipinski definition) is 2. The number of nitrogens with zero attached hydrogens (tertiary/aromatic N) is 1. The second-order valence-electron chi connectivity index (χ2n) is 9.16. The van der Waals surface area contributed by atoms with Gasteiger partial charge in [-0.25, -0.2) is 4.79 Å². The Labute approximate surface area is 205 Å². The van der Waals surface area contributed by atoms with E-state index in [9.17, 15) is 14.4 Å². The minimum Gasteiger partial charge on any atom is -0.481 e. The minimum absolute atomic E-state index is 0.0549. The number of nitrogens with one attached hydrogen (secondary N) is 1. The van der Waals surface area contributed by atoms with Crippen molar-refractivity contribution >= 4 is 18.0 Å².